The third kappa shape index (κ3) is 4.52. The number of thiophene rings is 1. The van der Waals surface area contributed by atoms with Crippen molar-refractivity contribution in [3.05, 3.63) is 194 Å². The van der Waals surface area contributed by atoms with Crippen molar-refractivity contribution in [1.29, 1.82) is 0 Å². The Hall–Kier alpha value is -7.26. The Balaban J connectivity index is 0.959. The summed E-state index contributed by atoms with van der Waals surface area (Å²) in [5, 5.41) is 17.5. The summed E-state index contributed by atoms with van der Waals surface area (Å²) in [5.74, 6) is 0. The lowest BCUT2D eigenvalue weighted by molar-refractivity contribution is 0.673. The van der Waals surface area contributed by atoms with Gasteiger partial charge in [0.15, 0.2) is 0 Å². The molecule has 0 saturated heterocycles. The zero-order valence-corrected chi connectivity index (χ0v) is 32.1. The first-order valence-electron chi connectivity index (χ1n) is 19.9. The molecule has 268 valence electrons. The minimum Gasteiger partial charge on any atom is -0.455 e. The summed E-state index contributed by atoms with van der Waals surface area (Å²) in [6.07, 6.45) is 0. The first-order chi connectivity index (χ1) is 28.8. The van der Waals surface area contributed by atoms with Gasteiger partial charge in [0, 0.05) is 36.3 Å². The molecule has 0 unspecified atom stereocenters. The molecule has 2 heterocycles. The van der Waals surface area contributed by atoms with Crippen molar-refractivity contribution in [2.45, 2.75) is 0 Å². The third-order valence-corrected chi connectivity index (χ3v) is 13.6. The maximum Gasteiger partial charge on any atom is 0.144 e. The van der Waals surface area contributed by atoms with Crippen LogP contribution < -0.4 is 0 Å². The highest BCUT2D eigenvalue weighted by Gasteiger charge is 2.21. The van der Waals surface area contributed by atoms with E-state index in [9.17, 15) is 0 Å². The fraction of sp³-hybridized carbons (Fsp3) is 0. The van der Waals surface area contributed by atoms with Gasteiger partial charge in [-0.2, -0.15) is 0 Å². The molecule has 58 heavy (non-hydrogen) atoms. The van der Waals surface area contributed by atoms with Gasteiger partial charge in [0.1, 0.15) is 11.2 Å². The monoisotopic (exact) mass is 752 g/mol. The van der Waals surface area contributed by atoms with Gasteiger partial charge in [-0.1, -0.05) is 164 Å². The van der Waals surface area contributed by atoms with Gasteiger partial charge in [0.25, 0.3) is 0 Å². The minimum absolute atomic E-state index is 0.920. The standard InChI is InChI=1S/C56H32OS/c1-2-14-39-33(12-1)13-11-22-40(39)52-43-17-5-3-15-41(43)51(42-16-4-6-18-44(42)52)38-27-26-34-30-35(24-25-36(34)31-38)37-28-29-47-49(32-37)57-55-46-20-8-7-19-45(46)53-48-21-9-10-23-50(48)58-56(53)54(47)55/h1-32H. The maximum atomic E-state index is 6.82. The lowest BCUT2D eigenvalue weighted by atomic mass is 9.84. The second-order valence-electron chi connectivity index (χ2n) is 15.5. The van der Waals surface area contributed by atoms with E-state index in [2.05, 4.69) is 194 Å². The predicted octanol–water partition coefficient (Wildman–Crippen LogP) is 16.7. The first-order valence-corrected chi connectivity index (χ1v) is 20.7. The van der Waals surface area contributed by atoms with Crippen LogP contribution >= 0.6 is 11.3 Å². The SMILES string of the molecule is c1ccc2c(-c3c4ccccc4c(-c4ccc5cc(-c6ccc7c(c6)oc6c8ccccc8c8c9ccccc9sc8c76)ccc5c4)c4ccccc34)cccc2c1. The zero-order valence-electron chi connectivity index (χ0n) is 31.3. The summed E-state index contributed by atoms with van der Waals surface area (Å²) in [4.78, 5) is 0. The van der Waals surface area contributed by atoms with Gasteiger partial charge >= 0.3 is 0 Å². The van der Waals surface area contributed by atoms with Crippen molar-refractivity contribution in [2.75, 3.05) is 0 Å². The Labute approximate surface area is 337 Å². The number of fused-ring (bicyclic) bond motifs is 14. The predicted molar refractivity (Wildman–Crippen MR) is 250 cm³/mol. The highest BCUT2D eigenvalue weighted by Crippen LogP contribution is 2.49. The van der Waals surface area contributed by atoms with E-state index in [0.717, 1.165) is 27.5 Å². The molecule has 13 aromatic rings. The molecule has 0 saturated carbocycles. The van der Waals surface area contributed by atoms with Crippen LogP contribution in [0.4, 0.5) is 0 Å². The molecule has 0 aliphatic rings. The number of benzene rings is 11. The van der Waals surface area contributed by atoms with Crippen molar-refractivity contribution in [3.8, 4) is 33.4 Å². The minimum atomic E-state index is 0.920. The number of hydrogen-bond donors (Lipinski definition) is 0. The Kier molecular flexibility index (Phi) is 6.66. The van der Waals surface area contributed by atoms with Crippen LogP contribution in [0.2, 0.25) is 0 Å². The van der Waals surface area contributed by atoms with Crippen LogP contribution in [0.15, 0.2) is 199 Å². The van der Waals surface area contributed by atoms with Crippen LogP contribution in [0.25, 0.3) is 129 Å². The highest BCUT2D eigenvalue weighted by molar-refractivity contribution is 7.27. The van der Waals surface area contributed by atoms with Crippen LogP contribution in [-0.2, 0) is 0 Å². The number of furan rings is 1. The molecule has 0 aliphatic heterocycles. The van der Waals surface area contributed by atoms with E-state index in [4.69, 9.17) is 4.42 Å². The quantitative estimate of drug-likeness (QED) is 0.164. The molecule has 0 radical (unpaired) electrons. The molecule has 2 heteroatoms. The van der Waals surface area contributed by atoms with Gasteiger partial charge in [0.05, 0.1) is 0 Å². The largest absolute Gasteiger partial charge is 0.455 e. The van der Waals surface area contributed by atoms with Crippen molar-refractivity contribution in [2.24, 2.45) is 0 Å². The van der Waals surface area contributed by atoms with Gasteiger partial charge in [-0.25, -0.2) is 0 Å². The van der Waals surface area contributed by atoms with Crippen LogP contribution in [0.3, 0.4) is 0 Å². The average Bonchev–Trinajstić information content (AvgIpc) is 3.87. The van der Waals surface area contributed by atoms with Crippen molar-refractivity contribution >= 4 is 107 Å². The lowest BCUT2D eigenvalue weighted by Crippen LogP contribution is -1.91. The van der Waals surface area contributed by atoms with Crippen LogP contribution in [0.5, 0.6) is 0 Å². The number of hydrogen-bond acceptors (Lipinski definition) is 2. The molecular weight excluding hydrogens is 721 g/mol. The Bertz CT molecular complexity index is 3800. The van der Waals surface area contributed by atoms with Crippen molar-refractivity contribution < 1.29 is 4.42 Å². The summed E-state index contributed by atoms with van der Waals surface area (Å²) >= 11 is 1.87. The van der Waals surface area contributed by atoms with Crippen LogP contribution in [0.1, 0.15) is 0 Å². The maximum absolute atomic E-state index is 6.82. The molecule has 1 nitrogen and oxygen atoms in total. The smallest absolute Gasteiger partial charge is 0.144 e. The topological polar surface area (TPSA) is 13.1 Å². The zero-order chi connectivity index (χ0) is 37.9. The van der Waals surface area contributed by atoms with E-state index in [1.165, 1.54) is 102 Å². The van der Waals surface area contributed by atoms with Gasteiger partial charge in [-0.15, -0.1) is 11.3 Å². The molecule has 0 amide bonds. The van der Waals surface area contributed by atoms with Crippen molar-refractivity contribution in [3.63, 3.8) is 0 Å². The molecule has 0 aliphatic carbocycles. The van der Waals surface area contributed by atoms with Crippen molar-refractivity contribution in [1.82, 2.24) is 0 Å². The Morgan fingerprint density at radius 1 is 0.328 bits per heavy atom. The van der Waals surface area contributed by atoms with Gasteiger partial charge in [-0.05, 0) is 112 Å². The lowest BCUT2D eigenvalue weighted by Gasteiger charge is -2.19. The summed E-state index contributed by atoms with van der Waals surface area (Å²) in [7, 11) is 0. The molecule has 0 N–H and O–H groups in total. The molecule has 0 fully saturated rings. The third-order valence-electron chi connectivity index (χ3n) is 12.4. The van der Waals surface area contributed by atoms with Crippen LogP contribution in [0, 0.1) is 0 Å². The summed E-state index contributed by atoms with van der Waals surface area (Å²) in [6.45, 7) is 0. The summed E-state index contributed by atoms with van der Waals surface area (Å²) in [6, 6.07) is 71.3. The molecule has 2 aromatic heterocycles. The summed E-state index contributed by atoms with van der Waals surface area (Å²) in [5.41, 5.74) is 9.27. The highest BCUT2D eigenvalue weighted by atomic mass is 32.1. The van der Waals surface area contributed by atoms with Gasteiger partial charge in [0.2, 0.25) is 0 Å². The van der Waals surface area contributed by atoms with E-state index in [1.54, 1.807) is 0 Å². The fourth-order valence-electron chi connectivity index (χ4n) is 9.83. The van der Waals surface area contributed by atoms with E-state index >= 15 is 0 Å². The molecule has 0 bridgehead atoms. The Morgan fingerprint density at radius 3 is 1.64 bits per heavy atom. The molecule has 13 rings (SSSR count). The second kappa shape index (κ2) is 12.1. The fourth-order valence-corrected chi connectivity index (χ4v) is 11.1. The van der Waals surface area contributed by atoms with E-state index < -0.39 is 0 Å². The van der Waals surface area contributed by atoms with E-state index in [0.29, 0.717) is 0 Å². The van der Waals surface area contributed by atoms with Gasteiger partial charge in [-0.3, -0.25) is 0 Å². The van der Waals surface area contributed by atoms with E-state index in [1.807, 2.05) is 11.3 Å². The molecule has 0 spiro atoms. The first kappa shape index (κ1) is 31.9. The van der Waals surface area contributed by atoms with Gasteiger partial charge < -0.3 is 4.42 Å². The molecular formula is C56H32OS. The molecule has 0 atom stereocenters. The molecule has 11 aromatic carbocycles. The normalized spacial score (nSPS) is 12.1. The summed E-state index contributed by atoms with van der Waals surface area (Å²) < 4.78 is 9.42. The van der Waals surface area contributed by atoms with E-state index in [-0.39, 0.29) is 0 Å². The number of rotatable bonds is 3. The Morgan fingerprint density at radius 2 is 0.879 bits per heavy atom. The average molecular weight is 753 g/mol. The second-order valence-corrected chi connectivity index (χ2v) is 16.6. The van der Waals surface area contributed by atoms with Crippen LogP contribution in [-0.4, -0.2) is 0 Å².